The zero-order valence-electron chi connectivity index (χ0n) is 12.4. The van der Waals surface area contributed by atoms with Crippen LogP contribution in [0, 0.1) is 0 Å². The predicted molar refractivity (Wildman–Crippen MR) is 80.5 cm³/mol. The zero-order valence-corrected chi connectivity index (χ0v) is 12.4. The molecule has 0 unspecified atom stereocenters. The molecule has 3 rings (SSSR count). The Morgan fingerprint density at radius 1 is 1.50 bits per heavy atom. The van der Waals surface area contributed by atoms with Crippen molar-refractivity contribution in [2.75, 3.05) is 20.1 Å². The number of oxime groups is 1. The summed E-state index contributed by atoms with van der Waals surface area (Å²) in [5.74, 6) is 0. The van der Waals surface area contributed by atoms with Crippen LogP contribution in [0.3, 0.4) is 0 Å². The first-order valence-corrected chi connectivity index (χ1v) is 7.05. The summed E-state index contributed by atoms with van der Waals surface area (Å²) in [5.41, 5.74) is 0.470. The van der Waals surface area contributed by atoms with Crippen LogP contribution in [-0.4, -0.2) is 40.7 Å². The summed E-state index contributed by atoms with van der Waals surface area (Å²) in [4.78, 5) is 37.4. The van der Waals surface area contributed by atoms with Crippen molar-refractivity contribution in [3.8, 4) is 6.01 Å². The SMILES string of the molecule is CCc1cc(=O)oc2nc(O/N=C3/CCN(C)C3)[nH]c(=O)c12. The summed E-state index contributed by atoms with van der Waals surface area (Å²) in [7, 11) is 1.99. The van der Waals surface area contributed by atoms with Gasteiger partial charge in [0.05, 0.1) is 5.71 Å². The molecule has 0 bridgehead atoms. The van der Waals surface area contributed by atoms with E-state index >= 15 is 0 Å². The Hall–Kier alpha value is -2.48. The van der Waals surface area contributed by atoms with E-state index < -0.39 is 11.2 Å². The maximum atomic E-state index is 12.1. The van der Waals surface area contributed by atoms with Gasteiger partial charge in [-0.1, -0.05) is 12.1 Å². The third kappa shape index (κ3) is 2.77. The van der Waals surface area contributed by atoms with Crippen molar-refractivity contribution in [1.82, 2.24) is 14.9 Å². The number of nitrogens with one attached hydrogen (secondary N) is 1. The summed E-state index contributed by atoms with van der Waals surface area (Å²) in [5, 5.41) is 4.25. The van der Waals surface area contributed by atoms with Crippen LogP contribution in [0.2, 0.25) is 0 Å². The van der Waals surface area contributed by atoms with Crippen molar-refractivity contribution in [1.29, 1.82) is 0 Å². The highest BCUT2D eigenvalue weighted by Gasteiger charge is 2.16. The molecule has 0 atom stereocenters. The van der Waals surface area contributed by atoms with Crippen LogP contribution < -0.4 is 16.0 Å². The molecule has 116 valence electrons. The first-order chi connectivity index (χ1) is 10.6. The Balaban J connectivity index is 1.99. The minimum Gasteiger partial charge on any atom is -0.403 e. The fourth-order valence-electron chi connectivity index (χ4n) is 2.42. The molecule has 2 aromatic heterocycles. The number of hydrogen-bond donors (Lipinski definition) is 1. The van der Waals surface area contributed by atoms with Crippen molar-refractivity contribution < 1.29 is 9.25 Å². The highest BCUT2D eigenvalue weighted by atomic mass is 16.6. The average molecular weight is 304 g/mol. The van der Waals surface area contributed by atoms with Gasteiger partial charge >= 0.3 is 11.6 Å². The average Bonchev–Trinajstić information content (AvgIpc) is 2.89. The maximum absolute atomic E-state index is 12.1. The monoisotopic (exact) mass is 304 g/mol. The molecule has 0 aliphatic carbocycles. The Morgan fingerprint density at radius 3 is 3.00 bits per heavy atom. The van der Waals surface area contributed by atoms with Gasteiger partial charge in [0, 0.05) is 25.6 Å². The highest BCUT2D eigenvalue weighted by Crippen LogP contribution is 2.13. The fourth-order valence-corrected chi connectivity index (χ4v) is 2.42. The van der Waals surface area contributed by atoms with Gasteiger partial charge in [0.2, 0.25) is 5.71 Å². The van der Waals surface area contributed by atoms with Crippen LogP contribution in [-0.2, 0) is 6.42 Å². The molecule has 0 aromatic carbocycles. The highest BCUT2D eigenvalue weighted by molar-refractivity contribution is 5.87. The van der Waals surface area contributed by atoms with Gasteiger partial charge < -0.3 is 14.2 Å². The quantitative estimate of drug-likeness (QED) is 0.829. The third-order valence-corrected chi connectivity index (χ3v) is 3.55. The molecule has 0 amide bonds. The molecule has 1 saturated heterocycles. The Morgan fingerprint density at radius 2 is 2.32 bits per heavy atom. The van der Waals surface area contributed by atoms with E-state index in [0.29, 0.717) is 18.5 Å². The van der Waals surface area contributed by atoms with Gasteiger partial charge in [-0.2, -0.15) is 4.98 Å². The molecule has 1 N–H and O–H groups in total. The lowest BCUT2D eigenvalue weighted by Crippen LogP contribution is -2.15. The van der Waals surface area contributed by atoms with Gasteiger partial charge in [-0.3, -0.25) is 9.78 Å². The number of hydrogen-bond acceptors (Lipinski definition) is 7. The maximum Gasteiger partial charge on any atom is 0.337 e. The molecule has 0 saturated carbocycles. The Kier molecular flexibility index (Phi) is 3.76. The molecule has 8 nitrogen and oxygen atoms in total. The first kappa shape index (κ1) is 14.5. The van der Waals surface area contributed by atoms with Crippen LogP contribution in [0.4, 0.5) is 0 Å². The van der Waals surface area contributed by atoms with Gasteiger partial charge in [-0.05, 0) is 19.0 Å². The molecule has 1 fully saturated rings. The number of likely N-dealkylation sites (tertiary alicyclic amines) is 1. The molecule has 3 heterocycles. The zero-order chi connectivity index (χ0) is 15.7. The number of H-pyrrole nitrogens is 1. The second-order valence-corrected chi connectivity index (χ2v) is 5.23. The lowest BCUT2D eigenvalue weighted by Gasteiger charge is -2.04. The number of aromatic nitrogens is 2. The molecule has 2 aromatic rings. The summed E-state index contributed by atoms with van der Waals surface area (Å²) in [6, 6.07) is 1.21. The van der Waals surface area contributed by atoms with E-state index in [9.17, 15) is 9.59 Å². The molecular weight excluding hydrogens is 288 g/mol. The van der Waals surface area contributed by atoms with E-state index in [0.717, 1.165) is 18.7 Å². The summed E-state index contributed by atoms with van der Waals surface area (Å²) in [6.07, 6.45) is 1.34. The predicted octanol–water partition coefficient (Wildman–Crippen LogP) is 0.509. The van der Waals surface area contributed by atoms with E-state index in [2.05, 4.69) is 20.0 Å². The number of aryl methyl sites for hydroxylation is 1. The van der Waals surface area contributed by atoms with E-state index in [1.807, 2.05) is 14.0 Å². The molecule has 0 spiro atoms. The fraction of sp³-hybridized carbons (Fsp3) is 0.429. The minimum absolute atomic E-state index is 0.0353. The summed E-state index contributed by atoms with van der Waals surface area (Å²) >= 11 is 0. The van der Waals surface area contributed by atoms with Crippen LogP contribution >= 0.6 is 0 Å². The van der Waals surface area contributed by atoms with Crippen molar-refractivity contribution in [2.45, 2.75) is 19.8 Å². The Bertz CT molecular complexity index is 852. The van der Waals surface area contributed by atoms with Gasteiger partial charge in [-0.15, -0.1) is 0 Å². The number of rotatable bonds is 3. The molecule has 22 heavy (non-hydrogen) atoms. The van der Waals surface area contributed by atoms with Crippen molar-refractivity contribution >= 4 is 16.8 Å². The lowest BCUT2D eigenvalue weighted by atomic mass is 10.1. The summed E-state index contributed by atoms with van der Waals surface area (Å²) in [6.45, 7) is 3.48. The van der Waals surface area contributed by atoms with Crippen molar-refractivity contribution in [3.63, 3.8) is 0 Å². The molecule has 8 heteroatoms. The third-order valence-electron chi connectivity index (χ3n) is 3.55. The van der Waals surface area contributed by atoms with E-state index in [1.54, 1.807) is 0 Å². The number of aromatic amines is 1. The van der Waals surface area contributed by atoms with E-state index in [4.69, 9.17) is 9.25 Å². The van der Waals surface area contributed by atoms with Crippen LogP contribution in [0.5, 0.6) is 6.01 Å². The topological polar surface area (TPSA) is 101 Å². The standard InChI is InChI=1S/C14H16N4O4/c1-3-8-6-10(19)21-13-11(8)12(20)15-14(16-13)22-17-9-4-5-18(2)7-9/h6H,3-5,7H2,1-2H3,(H,15,16,20)/b17-9-. The number of fused-ring (bicyclic) bond motifs is 1. The largest absolute Gasteiger partial charge is 0.403 e. The Labute approximate surface area is 125 Å². The summed E-state index contributed by atoms with van der Waals surface area (Å²) < 4.78 is 4.99. The van der Waals surface area contributed by atoms with Gasteiger partial charge in [0.1, 0.15) is 5.39 Å². The molecule has 0 radical (unpaired) electrons. The van der Waals surface area contributed by atoms with Crippen molar-refractivity contribution in [3.05, 3.63) is 32.4 Å². The van der Waals surface area contributed by atoms with E-state index in [1.165, 1.54) is 6.07 Å². The smallest absolute Gasteiger partial charge is 0.337 e. The van der Waals surface area contributed by atoms with Crippen LogP contribution in [0.25, 0.3) is 11.1 Å². The normalized spacial score (nSPS) is 17.5. The molecule has 1 aliphatic rings. The molecule has 1 aliphatic heterocycles. The van der Waals surface area contributed by atoms with Gasteiger partial charge in [-0.25, -0.2) is 4.79 Å². The van der Waals surface area contributed by atoms with Crippen molar-refractivity contribution in [2.24, 2.45) is 5.16 Å². The first-order valence-electron chi connectivity index (χ1n) is 7.05. The van der Waals surface area contributed by atoms with Gasteiger partial charge in [0.15, 0.2) is 0 Å². The number of nitrogens with zero attached hydrogens (tertiary/aromatic N) is 3. The van der Waals surface area contributed by atoms with Crippen LogP contribution in [0.15, 0.2) is 25.2 Å². The minimum atomic E-state index is -0.544. The van der Waals surface area contributed by atoms with Gasteiger partial charge in [0.25, 0.3) is 5.56 Å². The second kappa shape index (κ2) is 5.72. The molecular formula is C14H16N4O4. The van der Waals surface area contributed by atoms with Crippen LogP contribution in [0.1, 0.15) is 18.9 Å². The lowest BCUT2D eigenvalue weighted by molar-refractivity contribution is 0.309. The van der Waals surface area contributed by atoms with E-state index in [-0.39, 0.29) is 17.1 Å². The second-order valence-electron chi connectivity index (χ2n) is 5.23.